The third kappa shape index (κ3) is 3.01. The van der Waals surface area contributed by atoms with Crippen LogP contribution >= 0.6 is 27.7 Å². The molecule has 1 atom stereocenters. The Bertz CT molecular complexity index is 525. The zero-order valence-corrected chi connectivity index (χ0v) is 12.2. The van der Waals surface area contributed by atoms with Crippen LogP contribution in [0.1, 0.15) is 0 Å². The summed E-state index contributed by atoms with van der Waals surface area (Å²) in [7, 11) is 0. The molecular formula is C11H11BrN2O4S. The molecule has 1 heterocycles. The molecule has 8 heteroatoms. The number of anilines is 1. The van der Waals surface area contributed by atoms with Gasteiger partial charge in [-0.25, -0.2) is 4.79 Å². The first-order valence-corrected chi connectivity index (χ1v) is 7.46. The summed E-state index contributed by atoms with van der Waals surface area (Å²) in [5.74, 6) is 0.476. The van der Waals surface area contributed by atoms with Gasteiger partial charge >= 0.3 is 5.97 Å². The van der Waals surface area contributed by atoms with Crippen molar-refractivity contribution in [2.24, 2.45) is 0 Å². The Hall–Kier alpha value is -1.28. The summed E-state index contributed by atoms with van der Waals surface area (Å²) in [5.41, 5.74) is 0.659. The fraction of sp³-hybridized carbons (Fsp3) is 0.364. The van der Waals surface area contributed by atoms with Gasteiger partial charge in [-0.1, -0.05) is 0 Å². The largest absolute Gasteiger partial charge is 0.480 e. The number of nitro groups is 1. The molecule has 1 aromatic carbocycles. The average molecular weight is 347 g/mol. The monoisotopic (exact) mass is 346 g/mol. The van der Waals surface area contributed by atoms with Crippen LogP contribution in [0.4, 0.5) is 11.4 Å². The second-order valence-electron chi connectivity index (χ2n) is 4.02. The standard InChI is InChI=1S/C11H11BrN2O4S/c12-8-5-7(14(17)18)1-2-9(8)13-3-4-19-6-10(13)11(15)16/h1-2,5,10H,3-4,6H2,(H,15,16). The quantitative estimate of drug-likeness (QED) is 0.668. The minimum absolute atomic E-state index is 0.0196. The second-order valence-corrected chi connectivity index (χ2v) is 6.02. The Kier molecular flexibility index (Phi) is 4.31. The summed E-state index contributed by atoms with van der Waals surface area (Å²) in [6.45, 7) is 0.609. The number of hydrogen-bond acceptors (Lipinski definition) is 5. The molecule has 102 valence electrons. The molecule has 0 aromatic heterocycles. The van der Waals surface area contributed by atoms with Crippen molar-refractivity contribution >= 4 is 45.0 Å². The van der Waals surface area contributed by atoms with Gasteiger partial charge in [0.05, 0.1) is 10.6 Å². The summed E-state index contributed by atoms with van der Waals surface area (Å²) < 4.78 is 0.542. The molecule has 19 heavy (non-hydrogen) atoms. The number of rotatable bonds is 3. The molecule has 1 saturated heterocycles. The summed E-state index contributed by atoms with van der Waals surface area (Å²) in [6, 6.07) is 3.78. The maximum Gasteiger partial charge on any atom is 0.327 e. The third-order valence-corrected chi connectivity index (χ3v) is 4.52. The Morgan fingerprint density at radius 2 is 2.32 bits per heavy atom. The van der Waals surface area contributed by atoms with Crippen molar-refractivity contribution in [3.8, 4) is 0 Å². The van der Waals surface area contributed by atoms with Gasteiger partial charge in [0.15, 0.2) is 0 Å². The predicted octanol–water partition coefficient (Wildman–Crippen LogP) is 2.36. The van der Waals surface area contributed by atoms with E-state index < -0.39 is 16.9 Å². The number of carbonyl (C=O) groups is 1. The van der Waals surface area contributed by atoms with Gasteiger partial charge < -0.3 is 10.0 Å². The molecule has 1 aromatic rings. The van der Waals surface area contributed by atoms with Gasteiger partial charge in [-0.3, -0.25) is 10.1 Å². The lowest BCUT2D eigenvalue weighted by Gasteiger charge is -2.35. The predicted molar refractivity (Wildman–Crippen MR) is 76.9 cm³/mol. The van der Waals surface area contributed by atoms with Gasteiger partial charge in [-0.05, 0) is 22.0 Å². The van der Waals surface area contributed by atoms with E-state index in [1.807, 2.05) is 0 Å². The van der Waals surface area contributed by atoms with E-state index in [4.69, 9.17) is 0 Å². The molecule has 0 saturated carbocycles. The third-order valence-electron chi connectivity index (χ3n) is 2.87. The van der Waals surface area contributed by atoms with Crippen LogP contribution in [0.25, 0.3) is 0 Å². The smallest absolute Gasteiger partial charge is 0.327 e. The number of nitrogens with zero attached hydrogens (tertiary/aromatic N) is 2. The molecule has 1 aliphatic rings. The molecule has 2 rings (SSSR count). The van der Waals surface area contributed by atoms with Gasteiger partial charge in [0.1, 0.15) is 6.04 Å². The highest BCUT2D eigenvalue weighted by Gasteiger charge is 2.30. The maximum atomic E-state index is 11.2. The number of benzene rings is 1. The fourth-order valence-electron chi connectivity index (χ4n) is 1.94. The number of nitro benzene ring substituents is 1. The van der Waals surface area contributed by atoms with Crippen molar-refractivity contribution in [1.29, 1.82) is 0 Å². The molecule has 1 aliphatic heterocycles. The fourth-order valence-corrected chi connectivity index (χ4v) is 3.57. The highest BCUT2D eigenvalue weighted by atomic mass is 79.9. The van der Waals surface area contributed by atoms with Crippen molar-refractivity contribution in [3.63, 3.8) is 0 Å². The van der Waals surface area contributed by atoms with Crippen molar-refractivity contribution in [2.75, 3.05) is 23.0 Å². The molecular weight excluding hydrogens is 336 g/mol. The van der Waals surface area contributed by atoms with E-state index in [2.05, 4.69) is 15.9 Å². The van der Waals surface area contributed by atoms with Crippen LogP contribution in [0.2, 0.25) is 0 Å². The van der Waals surface area contributed by atoms with E-state index in [1.54, 1.807) is 22.7 Å². The van der Waals surface area contributed by atoms with Crippen molar-refractivity contribution in [1.82, 2.24) is 0 Å². The van der Waals surface area contributed by atoms with Gasteiger partial charge in [-0.15, -0.1) is 0 Å². The number of thioether (sulfide) groups is 1. The molecule has 0 amide bonds. The molecule has 0 aliphatic carbocycles. The number of carboxylic acid groups (broad SMARTS) is 1. The zero-order chi connectivity index (χ0) is 14.0. The first-order valence-electron chi connectivity index (χ1n) is 5.52. The summed E-state index contributed by atoms with van der Waals surface area (Å²) >= 11 is 4.88. The van der Waals surface area contributed by atoms with Crippen LogP contribution in [-0.4, -0.2) is 40.1 Å². The molecule has 1 N–H and O–H groups in total. The Morgan fingerprint density at radius 1 is 1.58 bits per heavy atom. The number of hydrogen-bond donors (Lipinski definition) is 1. The number of carboxylic acids is 1. The van der Waals surface area contributed by atoms with E-state index in [-0.39, 0.29) is 5.69 Å². The minimum Gasteiger partial charge on any atom is -0.480 e. The maximum absolute atomic E-state index is 11.2. The van der Waals surface area contributed by atoms with Crippen molar-refractivity contribution in [3.05, 3.63) is 32.8 Å². The summed E-state index contributed by atoms with van der Waals surface area (Å²) in [6.07, 6.45) is 0. The van der Waals surface area contributed by atoms with E-state index in [0.717, 1.165) is 5.75 Å². The molecule has 6 nitrogen and oxygen atoms in total. The first kappa shape index (κ1) is 14.1. The van der Waals surface area contributed by atoms with Crippen LogP contribution in [0, 0.1) is 10.1 Å². The number of aliphatic carboxylic acids is 1. The van der Waals surface area contributed by atoms with Crippen LogP contribution in [-0.2, 0) is 4.79 Å². The van der Waals surface area contributed by atoms with Gasteiger partial charge in [0.25, 0.3) is 5.69 Å². The summed E-state index contributed by atoms with van der Waals surface area (Å²) in [5, 5.41) is 19.9. The molecule has 0 spiro atoms. The van der Waals surface area contributed by atoms with Gasteiger partial charge in [0.2, 0.25) is 0 Å². The lowest BCUT2D eigenvalue weighted by atomic mass is 10.2. The van der Waals surface area contributed by atoms with E-state index in [9.17, 15) is 20.0 Å². The lowest BCUT2D eigenvalue weighted by Crippen LogP contribution is -2.47. The SMILES string of the molecule is O=C(O)C1CSCCN1c1ccc([N+](=O)[O-])cc1Br. The Morgan fingerprint density at radius 3 is 2.89 bits per heavy atom. The van der Waals surface area contributed by atoms with Gasteiger partial charge in [-0.2, -0.15) is 11.8 Å². The highest BCUT2D eigenvalue weighted by molar-refractivity contribution is 9.10. The zero-order valence-electron chi connectivity index (χ0n) is 9.78. The molecule has 1 unspecified atom stereocenters. The van der Waals surface area contributed by atoms with Crippen LogP contribution in [0.5, 0.6) is 0 Å². The highest BCUT2D eigenvalue weighted by Crippen LogP contribution is 2.33. The number of non-ortho nitro benzene ring substituents is 1. The topological polar surface area (TPSA) is 83.7 Å². The van der Waals surface area contributed by atoms with Crippen LogP contribution in [0.15, 0.2) is 22.7 Å². The minimum atomic E-state index is -0.877. The number of halogens is 1. The molecule has 0 radical (unpaired) electrons. The van der Waals surface area contributed by atoms with Crippen LogP contribution in [0.3, 0.4) is 0 Å². The van der Waals surface area contributed by atoms with Gasteiger partial charge in [0, 0.05) is 34.7 Å². The van der Waals surface area contributed by atoms with Crippen LogP contribution < -0.4 is 4.90 Å². The van der Waals surface area contributed by atoms with E-state index in [1.165, 1.54) is 12.1 Å². The molecule has 0 bridgehead atoms. The molecule has 1 fully saturated rings. The van der Waals surface area contributed by atoms with E-state index in [0.29, 0.717) is 22.5 Å². The van der Waals surface area contributed by atoms with Crippen molar-refractivity contribution < 1.29 is 14.8 Å². The first-order chi connectivity index (χ1) is 9.00. The average Bonchev–Trinajstić information content (AvgIpc) is 2.38. The Balaban J connectivity index is 2.34. The Labute approximate surface area is 122 Å². The van der Waals surface area contributed by atoms with E-state index >= 15 is 0 Å². The second kappa shape index (κ2) is 5.79. The van der Waals surface area contributed by atoms with Crippen molar-refractivity contribution in [2.45, 2.75) is 6.04 Å². The summed E-state index contributed by atoms with van der Waals surface area (Å²) in [4.78, 5) is 23.2. The normalized spacial score (nSPS) is 19.2. The lowest BCUT2D eigenvalue weighted by molar-refractivity contribution is -0.384.